The third-order valence-corrected chi connectivity index (χ3v) is 2.87. The van der Waals surface area contributed by atoms with Gasteiger partial charge in [0.15, 0.2) is 0 Å². The van der Waals surface area contributed by atoms with E-state index in [2.05, 4.69) is 5.32 Å². The second kappa shape index (κ2) is 4.45. The van der Waals surface area contributed by atoms with Crippen LogP contribution in [0.25, 0.3) is 0 Å². The summed E-state index contributed by atoms with van der Waals surface area (Å²) in [5.41, 5.74) is 7.12. The third kappa shape index (κ3) is 2.22. The Morgan fingerprint density at radius 3 is 2.59 bits per heavy atom. The van der Waals surface area contributed by atoms with E-state index in [1.54, 1.807) is 17.0 Å². The Labute approximate surface area is 99.6 Å². The molecule has 1 aromatic carbocycles. The number of benzene rings is 1. The first-order valence-electron chi connectivity index (χ1n) is 5.57. The number of anilines is 2. The Kier molecular flexibility index (Phi) is 2.99. The molecule has 1 heterocycles. The summed E-state index contributed by atoms with van der Waals surface area (Å²) in [5, 5.41) is 2.35. The lowest BCUT2D eigenvalue weighted by Gasteiger charge is -2.35. The van der Waals surface area contributed by atoms with Crippen molar-refractivity contribution < 1.29 is 9.59 Å². The minimum absolute atomic E-state index is 0.203. The molecule has 1 unspecified atom stereocenters. The number of hydrogen-bond acceptors (Lipinski definition) is 4. The summed E-state index contributed by atoms with van der Waals surface area (Å²) in [6.07, 6.45) is 0.656. The molecule has 1 saturated heterocycles. The highest BCUT2D eigenvalue weighted by Gasteiger charge is 2.32. The zero-order chi connectivity index (χ0) is 12.4. The Morgan fingerprint density at radius 2 is 2.00 bits per heavy atom. The van der Waals surface area contributed by atoms with Crippen molar-refractivity contribution >= 4 is 23.2 Å². The monoisotopic (exact) mass is 233 g/mol. The average Bonchev–Trinajstić information content (AvgIpc) is 2.29. The predicted octanol–water partition coefficient (Wildman–Crippen LogP) is 0.510. The zero-order valence-corrected chi connectivity index (χ0v) is 9.64. The molecule has 5 nitrogen and oxygen atoms in total. The van der Waals surface area contributed by atoms with Crippen molar-refractivity contribution in [1.29, 1.82) is 0 Å². The first kappa shape index (κ1) is 11.4. The Hall–Kier alpha value is -2.04. The number of amides is 2. The Balaban J connectivity index is 2.30. The molecule has 90 valence electrons. The van der Waals surface area contributed by atoms with Gasteiger partial charge in [-0.3, -0.25) is 14.9 Å². The van der Waals surface area contributed by atoms with Gasteiger partial charge < -0.3 is 10.6 Å². The van der Waals surface area contributed by atoms with Crippen LogP contribution in [-0.4, -0.2) is 24.4 Å². The number of nitrogens with two attached hydrogens (primary N) is 1. The van der Waals surface area contributed by atoms with Crippen LogP contribution in [0.5, 0.6) is 0 Å². The molecule has 5 heteroatoms. The molecule has 1 aliphatic rings. The summed E-state index contributed by atoms with van der Waals surface area (Å²) in [7, 11) is 0. The van der Waals surface area contributed by atoms with Gasteiger partial charge >= 0.3 is 0 Å². The second-order valence-corrected chi connectivity index (χ2v) is 4.06. The molecule has 1 atom stereocenters. The van der Waals surface area contributed by atoms with Crippen LogP contribution in [0.4, 0.5) is 11.4 Å². The number of carbonyl (C=O) groups is 2. The van der Waals surface area contributed by atoms with Gasteiger partial charge in [-0.15, -0.1) is 0 Å². The summed E-state index contributed by atoms with van der Waals surface area (Å²) < 4.78 is 0. The zero-order valence-electron chi connectivity index (χ0n) is 9.64. The number of nitrogens with zero attached hydrogens (tertiary/aromatic N) is 1. The largest absolute Gasteiger partial charge is 0.399 e. The van der Waals surface area contributed by atoms with E-state index in [0.29, 0.717) is 12.1 Å². The highest BCUT2D eigenvalue weighted by atomic mass is 16.2. The summed E-state index contributed by atoms with van der Waals surface area (Å²) >= 11 is 0. The van der Waals surface area contributed by atoms with Crippen LogP contribution < -0.4 is 16.0 Å². The molecule has 1 aromatic rings. The van der Waals surface area contributed by atoms with Gasteiger partial charge in [-0.1, -0.05) is 6.92 Å². The van der Waals surface area contributed by atoms with Crippen molar-refractivity contribution in [2.45, 2.75) is 19.4 Å². The lowest BCUT2D eigenvalue weighted by molar-refractivity contribution is -0.132. The number of imide groups is 1. The van der Waals surface area contributed by atoms with Crippen LogP contribution >= 0.6 is 0 Å². The van der Waals surface area contributed by atoms with Gasteiger partial charge in [-0.25, -0.2) is 0 Å². The standard InChI is InChI=1S/C12H15N3O2/c1-2-10-12(17)14-11(16)7-15(10)9-5-3-8(13)4-6-9/h3-6,10H,2,7,13H2,1H3,(H,14,16,17). The van der Waals surface area contributed by atoms with Crippen molar-refractivity contribution in [1.82, 2.24) is 5.32 Å². The Morgan fingerprint density at radius 1 is 1.35 bits per heavy atom. The van der Waals surface area contributed by atoms with Gasteiger partial charge in [0, 0.05) is 11.4 Å². The van der Waals surface area contributed by atoms with Crippen LogP contribution in [0.15, 0.2) is 24.3 Å². The van der Waals surface area contributed by atoms with Gasteiger partial charge in [0.1, 0.15) is 6.04 Å². The van der Waals surface area contributed by atoms with Crippen LogP contribution in [0.1, 0.15) is 13.3 Å². The summed E-state index contributed by atoms with van der Waals surface area (Å²) in [6.45, 7) is 2.12. The highest BCUT2D eigenvalue weighted by Crippen LogP contribution is 2.21. The second-order valence-electron chi connectivity index (χ2n) is 4.06. The van der Waals surface area contributed by atoms with E-state index in [9.17, 15) is 9.59 Å². The van der Waals surface area contributed by atoms with Crippen molar-refractivity contribution in [3.05, 3.63) is 24.3 Å². The van der Waals surface area contributed by atoms with Gasteiger partial charge in [-0.05, 0) is 30.7 Å². The molecule has 0 saturated carbocycles. The molecule has 1 fully saturated rings. The minimum atomic E-state index is -0.295. The first-order chi connectivity index (χ1) is 8.11. The fraction of sp³-hybridized carbons (Fsp3) is 0.333. The van der Waals surface area contributed by atoms with E-state index < -0.39 is 0 Å². The highest BCUT2D eigenvalue weighted by molar-refractivity contribution is 6.04. The predicted molar refractivity (Wildman–Crippen MR) is 65.4 cm³/mol. The van der Waals surface area contributed by atoms with Crippen molar-refractivity contribution in [3.8, 4) is 0 Å². The number of nitrogens with one attached hydrogen (secondary N) is 1. The lowest BCUT2D eigenvalue weighted by atomic mass is 10.1. The van der Waals surface area contributed by atoms with Crippen LogP contribution in [0.3, 0.4) is 0 Å². The fourth-order valence-corrected chi connectivity index (χ4v) is 2.01. The van der Waals surface area contributed by atoms with Crippen LogP contribution in [0.2, 0.25) is 0 Å². The molecule has 17 heavy (non-hydrogen) atoms. The maximum Gasteiger partial charge on any atom is 0.249 e. The summed E-state index contributed by atoms with van der Waals surface area (Å²) in [4.78, 5) is 24.9. The van der Waals surface area contributed by atoms with Gasteiger partial charge in [0.2, 0.25) is 11.8 Å². The molecule has 2 amide bonds. The van der Waals surface area contributed by atoms with Crippen LogP contribution in [0, 0.1) is 0 Å². The molecule has 0 radical (unpaired) electrons. The molecule has 2 rings (SSSR count). The normalized spacial score (nSPS) is 20.3. The minimum Gasteiger partial charge on any atom is -0.399 e. The maximum absolute atomic E-state index is 11.7. The summed E-state index contributed by atoms with van der Waals surface area (Å²) in [6, 6.07) is 6.88. The maximum atomic E-state index is 11.7. The van der Waals surface area contributed by atoms with Gasteiger partial charge in [-0.2, -0.15) is 0 Å². The third-order valence-electron chi connectivity index (χ3n) is 2.87. The number of nitrogen functional groups attached to an aromatic ring is 1. The fourth-order valence-electron chi connectivity index (χ4n) is 2.01. The van der Waals surface area contributed by atoms with Crippen molar-refractivity contribution in [3.63, 3.8) is 0 Å². The van der Waals surface area contributed by atoms with E-state index in [0.717, 1.165) is 5.69 Å². The topological polar surface area (TPSA) is 75.4 Å². The molecule has 0 aromatic heterocycles. The molecule has 0 bridgehead atoms. The molecule has 3 N–H and O–H groups in total. The molecule has 1 aliphatic heterocycles. The van der Waals surface area contributed by atoms with E-state index in [1.165, 1.54) is 0 Å². The van der Waals surface area contributed by atoms with Crippen LogP contribution in [-0.2, 0) is 9.59 Å². The summed E-state index contributed by atoms with van der Waals surface area (Å²) in [5.74, 6) is -0.503. The van der Waals surface area contributed by atoms with E-state index in [4.69, 9.17) is 5.73 Å². The van der Waals surface area contributed by atoms with Crippen molar-refractivity contribution in [2.24, 2.45) is 0 Å². The van der Waals surface area contributed by atoms with Crippen molar-refractivity contribution in [2.75, 3.05) is 17.2 Å². The van der Waals surface area contributed by atoms with E-state index in [-0.39, 0.29) is 24.4 Å². The number of hydrogen-bond donors (Lipinski definition) is 2. The average molecular weight is 233 g/mol. The smallest absolute Gasteiger partial charge is 0.249 e. The van der Waals surface area contributed by atoms with Gasteiger partial charge in [0.25, 0.3) is 0 Å². The quantitative estimate of drug-likeness (QED) is 0.576. The SMILES string of the molecule is CCC1C(=O)NC(=O)CN1c1ccc(N)cc1. The molecular formula is C12H15N3O2. The first-order valence-corrected chi connectivity index (χ1v) is 5.57. The van der Waals surface area contributed by atoms with E-state index in [1.807, 2.05) is 19.1 Å². The Bertz CT molecular complexity index is 442. The molecule has 0 aliphatic carbocycles. The number of rotatable bonds is 2. The van der Waals surface area contributed by atoms with Gasteiger partial charge in [0.05, 0.1) is 6.54 Å². The lowest BCUT2D eigenvalue weighted by Crippen LogP contribution is -2.58. The van der Waals surface area contributed by atoms with E-state index >= 15 is 0 Å². The molecular weight excluding hydrogens is 218 g/mol. The number of carbonyl (C=O) groups excluding carboxylic acids is 2. The molecule has 0 spiro atoms. The number of piperazine rings is 1.